The molecule has 3 heteroatoms. The van der Waals surface area contributed by atoms with Gasteiger partial charge in [-0.05, 0) is 130 Å². The van der Waals surface area contributed by atoms with Gasteiger partial charge in [-0.25, -0.2) is 0 Å². The van der Waals surface area contributed by atoms with Crippen LogP contribution in [0.4, 0.5) is 0 Å². The molecule has 4 N–H and O–H groups in total. The Balaban J connectivity index is 1.30. The summed E-state index contributed by atoms with van der Waals surface area (Å²) in [5.41, 5.74) is 6.60. The van der Waals surface area contributed by atoms with Crippen LogP contribution in [0.5, 0.6) is 0 Å². The average molecular weight is 587 g/mol. The molecule has 0 heterocycles. The van der Waals surface area contributed by atoms with Crippen molar-refractivity contribution in [3.05, 3.63) is 0 Å². The highest BCUT2D eigenvalue weighted by Crippen LogP contribution is 2.68. The van der Waals surface area contributed by atoms with Crippen molar-refractivity contribution in [2.75, 3.05) is 13.1 Å². The molecule has 0 amide bonds. The lowest BCUT2D eigenvalue weighted by Crippen LogP contribution is -2.61. The minimum absolute atomic E-state index is 0.0735. The number of hydrogen-bond donors (Lipinski definition) is 3. The molecule has 246 valence electrons. The Kier molecular flexibility index (Phi) is 13.6. The predicted octanol–water partition coefficient (Wildman–Crippen LogP) is 9.90. The number of fused-ring (bicyclic) bond motifs is 5. The number of aliphatic hydroxyl groups is 1. The summed E-state index contributed by atoms with van der Waals surface area (Å²) in [6, 6.07) is 0.615. The summed E-state index contributed by atoms with van der Waals surface area (Å²) in [6.45, 7) is 14.8. The first-order valence-electron chi connectivity index (χ1n) is 19.3. The van der Waals surface area contributed by atoms with E-state index in [0.29, 0.717) is 22.8 Å². The van der Waals surface area contributed by atoms with Gasteiger partial charge in [0.2, 0.25) is 0 Å². The molecule has 4 aliphatic rings. The molecule has 10 atom stereocenters. The molecule has 0 aromatic rings. The van der Waals surface area contributed by atoms with E-state index in [2.05, 4.69) is 39.9 Å². The van der Waals surface area contributed by atoms with Crippen LogP contribution in [0.25, 0.3) is 0 Å². The molecule has 42 heavy (non-hydrogen) atoms. The number of unbranched alkanes of at least 4 members (excludes halogenated alkanes) is 9. The van der Waals surface area contributed by atoms with Crippen LogP contribution in [0.2, 0.25) is 0 Å². The van der Waals surface area contributed by atoms with Crippen LogP contribution < -0.4 is 11.1 Å². The molecule has 4 aliphatic carbocycles. The molecular formula is C39H74N2O. The van der Waals surface area contributed by atoms with Gasteiger partial charge in [0.25, 0.3) is 0 Å². The van der Waals surface area contributed by atoms with Gasteiger partial charge in [0.05, 0.1) is 6.10 Å². The standard InChI is InChI=1S/C39H74N2O/c1-29(2)17-16-18-30(3)33-19-20-34-32-28-37(41-26-15-13-11-9-7-6-8-10-12-14-25-40)36-27-31(42)21-23-39(36,5)35(32)22-24-38(33,34)4/h29-37,41-42H,6-28,40H2,1-5H3. The van der Waals surface area contributed by atoms with Gasteiger partial charge >= 0.3 is 0 Å². The predicted molar refractivity (Wildman–Crippen MR) is 181 cm³/mol. The average Bonchev–Trinajstić information content (AvgIpc) is 3.31. The molecule has 3 nitrogen and oxygen atoms in total. The Morgan fingerprint density at radius 3 is 1.98 bits per heavy atom. The van der Waals surface area contributed by atoms with Crippen LogP contribution in [-0.4, -0.2) is 30.3 Å². The van der Waals surface area contributed by atoms with Crippen molar-refractivity contribution < 1.29 is 5.11 Å². The molecule has 0 bridgehead atoms. The molecule has 4 fully saturated rings. The van der Waals surface area contributed by atoms with Gasteiger partial charge in [-0.15, -0.1) is 0 Å². The van der Waals surface area contributed by atoms with Crippen molar-refractivity contribution >= 4 is 0 Å². The first-order chi connectivity index (χ1) is 20.2. The Morgan fingerprint density at radius 1 is 0.690 bits per heavy atom. The number of aliphatic hydroxyl groups excluding tert-OH is 1. The van der Waals surface area contributed by atoms with E-state index in [9.17, 15) is 5.11 Å². The lowest BCUT2D eigenvalue weighted by molar-refractivity contribution is -0.141. The molecule has 0 radical (unpaired) electrons. The zero-order valence-electron chi connectivity index (χ0n) is 29.0. The lowest BCUT2D eigenvalue weighted by atomic mass is 9.43. The van der Waals surface area contributed by atoms with Gasteiger partial charge in [0, 0.05) is 6.04 Å². The minimum atomic E-state index is -0.0735. The maximum absolute atomic E-state index is 10.8. The monoisotopic (exact) mass is 587 g/mol. The van der Waals surface area contributed by atoms with Gasteiger partial charge < -0.3 is 16.2 Å². The summed E-state index contributed by atoms with van der Waals surface area (Å²) in [7, 11) is 0. The molecular weight excluding hydrogens is 512 g/mol. The Hall–Kier alpha value is -0.120. The second-order valence-electron chi connectivity index (χ2n) is 17.1. The van der Waals surface area contributed by atoms with E-state index in [1.807, 2.05) is 0 Å². The normalized spacial score (nSPS) is 38.7. The zero-order valence-corrected chi connectivity index (χ0v) is 29.0. The summed E-state index contributed by atoms with van der Waals surface area (Å²) in [5, 5.41) is 15.0. The summed E-state index contributed by atoms with van der Waals surface area (Å²) < 4.78 is 0. The Bertz CT molecular complexity index is 769. The quantitative estimate of drug-likeness (QED) is 0.140. The highest BCUT2D eigenvalue weighted by molar-refractivity contribution is 5.12. The van der Waals surface area contributed by atoms with Crippen molar-refractivity contribution in [2.45, 2.75) is 182 Å². The van der Waals surface area contributed by atoms with E-state index in [-0.39, 0.29) is 6.10 Å². The molecule has 4 saturated carbocycles. The molecule has 4 rings (SSSR count). The van der Waals surface area contributed by atoms with E-state index in [0.717, 1.165) is 54.9 Å². The van der Waals surface area contributed by atoms with E-state index >= 15 is 0 Å². The number of hydrogen-bond acceptors (Lipinski definition) is 3. The smallest absolute Gasteiger partial charge is 0.0543 e. The third-order valence-corrected chi connectivity index (χ3v) is 13.9. The molecule has 0 saturated heterocycles. The topological polar surface area (TPSA) is 58.3 Å². The van der Waals surface area contributed by atoms with Crippen molar-refractivity contribution in [3.8, 4) is 0 Å². The second kappa shape index (κ2) is 16.4. The van der Waals surface area contributed by atoms with E-state index in [1.54, 1.807) is 0 Å². The van der Waals surface area contributed by atoms with Gasteiger partial charge in [-0.1, -0.05) is 105 Å². The first kappa shape index (κ1) is 34.7. The van der Waals surface area contributed by atoms with Gasteiger partial charge in [-0.3, -0.25) is 0 Å². The summed E-state index contributed by atoms with van der Waals surface area (Å²) >= 11 is 0. The van der Waals surface area contributed by atoms with E-state index in [4.69, 9.17) is 5.73 Å². The van der Waals surface area contributed by atoms with Gasteiger partial charge in [0.15, 0.2) is 0 Å². The SMILES string of the molecule is CC(C)CCCC(C)C1CCC2C3CC(NCCCCCCCCCCCCN)C4CC(O)CCC4(C)C3CCC12C. The third-order valence-electron chi connectivity index (χ3n) is 13.9. The number of nitrogens with two attached hydrogens (primary N) is 1. The molecule has 0 aromatic carbocycles. The fraction of sp³-hybridized carbons (Fsp3) is 1.00. The van der Waals surface area contributed by atoms with Crippen molar-refractivity contribution in [3.63, 3.8) is 0 Å². The zero-order chi connectivity index (χ0) is 30.2. The maximum Gasteiger partial charge on any atom is 0.0543 e. The van der Waals surface area contributed by atoms with E-state index < -0.39 is 0 Å². The molecule has 0 aromatic heterocycles. The fourth-order valence-electron chi connectivity index (χ4n) is 11.5. The molecule has 0 spiro atoms. The Morgan fingerprint density at radius 2 is 1.31 bits per heavy atom. The molecule has 10 unspecified atom stereocenters. The third kappa shape index (κ3) is 8.37. The second-order valence-corrected chi connectivity index (χ2v) is 17.1. The van der Waals surface area contributed by atoms with Crippen LogP contribution in [0.1, 0.15) is 169 Å². The number of rotatable bonds is 18. The lowest BCUT2D eigenvalue weighted by Gasteiger charge is -2.63. The molecule has 0 aliphatic heterocycles. The van der Waals surface area contributed by atoms with Crippen molar-refractivity contribution in [1.82, 2.24) is 5.32 Å². The first-order valence-corrected chi connectivity index (χ1v) is 19.3. The number of nitrogens with one attached hydrogen (secondary N) is 1. The largest absolute Gasteiger partial charge is 0.393 e. The summed E-state index contributed by atoms with van der Waals surface area (Å²) in [4.78, 5) is 0. The Labute approximate surface area is 262 Å². The van der Waals surface area contributed by atoms with Crippen LogP contribution in [0.15, 0.2) is 0 Å². The minimum Gasteiger partial charge on any atom is -0.393 e. The van der Waals surface area contributed by atoms with Crippen LogP contribution >= 0.6 is 0 Å². The summed E-state index contributed by atoms with van der Waals surface area (Å²) in [6.07, 6.45) is 28.4. The van der Waals surface area contributed by atoms with Crippen molar-refractivity contribution in [2.24, 2.45) is 58.0 Å². The van der Waals surface area contributed by atoms with Gasteiger partial charge in [-0.2, -0.15) is 0 Å². The fourth-order valence-corrected chi connectivity index (χ4v) is 11.5. The van der Waals surface area contributed by atoms with Crippen molar-refractivity contribution in [1.29, 1.82) is 0 Å². The van der Waals surface area contributed by atoms with E-state index in [1.165, 1.54) is 129 Å². The van der Waals surface area contributed by atoms with Crippen LogP contribution in [0.3, 0.4) is 0 Å². The van der Waals surface area contributed by atoms with Gasteiger partial charge in [0.1, 0.15) is 0 Å². The maximum atomic E-state index is 10.8. The van der Waals surface area contributed by atoms with Crippen LogP contribution in [-0.2, 0) is 0 Å². The highest BCUT2D eigenvalue weighted by atomic mass is 16.3. The highest BCUT2D eigenvalue weighted by Gasteiger charge is 2.62. The summed E-state index contributed by atoms with van der Waals surface area (Å²) in [5.74, 6) is 6.04. The van der Waals surface area contributed by atoms with Crippen LogP contribution in [0, 0.1) is 52.3 Å².